The van der Waals surface area contributed by atoms with Crippen LogP contribution in [0.4, 0.5) is 5.69 Å². The fourth-order valence-electron chi connectivity index (χ4n) is 3.55. The molecule has 3 rings (SSSR count). The largest absolute Gasteiger partial charge is 0.507 e. The van der Waals surface area contributed by atoms with Gasteiger partial charge in [0.05, 0.1) is 29.3 Å². The van der Waals surface area contributed by atoms with E-state index in [9.17, 15) is 20.0 Å². The summed E-state index contributed by atoms with van der Waals surface area (Å²) in [7, 11) is 3.23. The van der Waals surface area contributed by atoms with Crippen molar-refractivity contribution in [3.63, 3.8) is 0 Å². The Kier molecular flexibility index (Phi) is 7.57. The summed E-state index contributed by atoms with van der Waals surface area (Å²) in [5.41, 5.74) is 1.86. The number of hydrogen-bond donors (Lipinski definition) is 1. The Morgan fingerprint density at radius 3 is 2.50 bits per heavy atom. The quantitative estimate of drug-likeness (QED) is 0.339. The SMILES string of the molecule is COCCN(CCOC)Cc1c(O)cc(C)c2c1O/C(=C/c1cccc([N+](=O)[O-])c1)C2=O. The molecule has 0 unspecified atom stereocenters. The monoisotopic (exact) mass is 442 g/mol. The first-order valence-corrected chi connectivity index (χ1v) is 10.1. The Morgan fingerprint density at radius 2 is 1.88 bits per heavy atom. The molecule has 170 valence electrons. The Balaban J connectivity index is 1.96. The van der Waals surface area contributed by atoms with Crippen molar-refractivity contribution in [3.8, 4) is 11.5 Å². The van der Waals surface area contributed by atoms with Crippen LogP contribution in [-0.2, 0) is 16.0 Å². The van der Waals surface area contributed by atoms with Crippen LogP contribution in [0.15, 0.2) is 36.1 Å². The Labute approximate surface area is 186 Å². The zero-order valence-corrected chi connectivity index (χ0v) is 18.3. The molecule has 2 aromatic carbocycles. The van der Waals surface area contributed by atoms with Gasteiger partial charge in [-0.1, -0.05) is 12.1 Å². The molecular formula is C23H26N2O7. The minimum Gasteiger partial charge on any atom is -0.507 e. The third-order valence-corrected chi connectivity index (χ3v) is 5.20. The molecule has 0 amide bonds. The minimum absolute atomic E-state index is 0.0329. The van der Waals surface area contributed by atoms with E-state index >= 15 is 0 Å². The Hall–Kier alpha value is -3.27. The molecule has 9 heteroatoms. The number of rotatable bonds is 10. The molecule has 0 atom stereocenters. The number of nitro benzene ring substituents is 1. The maximum absolute atomic E-state index is 13.1. The van der Waals surface area contributed by atoms with Crippen LogP contribution in [0.2, 0.25) is 0 Å². The second-order valence-corrected chi connectivity index (χ2v) is 7.45. The van der Waals surface area contributed by atoms with Gasteiger partial charge in [0.15, 0.2) is 5.76 Å². The molecule has 9 nitrogen and oxygen atoms in total. The summed E-state index contributed by atoms with van der Waals surface area (Å²) in [6.07, 6.45) is 1.48. The van der Waals surface area contributed by atoms with Gasteiger partial charge >= 0.3 is 0 Å². The molecule has 0 aliphatic carbocycles. The highest BCUT2D eigenvalue weighted by atomic mass is 16.6. The number of hydrogen-bond acceptors (Lipinski definition) is 8. The third kappa shape index (κ3) is 5.13. The molecule has 1 aliphatic heterocycles. The molecule has 0 bridgehead atoms. The van der Waals surface area contributed by atoms with Crippen LogP contribution in [0.25, 0.3) is 6.08 Å². The van der Waals surface area contributed by atoms with Crippen LogP contribution >= 0.6 is 0 Å². The molecule has 0 radical (unpaired) electrons. The number of aromatic hydroxyl groups is 1. The molecule has 1 heterocycles. The van der Waals surface area contributed by atoms with Crippen LogP contribution < -0.4 is 4.74 Å². The summed E-state index contributed by atoms with van der Waals surface area (Å²) < 4.78 is 16.3. The number of phenolic OH excluding ortho intramolecular Hbond substituents is 1. The molecular weight excluding hydrogens is 416 g/mol. The highest BCUT2D eigenvalue weighted by Gasteiger charge is 2.33. The van der Waals surface area contributed by atoms with E-state index < -0.39 is 4.92 Å². The van der Waals surface area contributed by atoms with E-state index in [1.807, 2.05) is 4.90 Å². The summed E-state index contributed by atoms with van der Waals surface area (Å²) >= 11 is 0. The van der Waals surface area contributed by atoms with Crippen LogP contribution in [0.3, 0.4) is 0 Å². The van der Waals surface area contributed by atoms with Gasteiger partial charge in [-0.25, -0.2) is 0 Å². The van der Waals surface area contributed by atoms with Crippen molar-refractivity contribution in [2.45, 2.75) is 13.5 Å². The first-order chi connectivity index (χ1) is 15.3. The van der Waals surface area contributed by atoms with Crippen molar-refractivity contribution in [3.05, 3.63) is 68.5 Å². The van der Waals surface area contributed by atoms with E-state index in [0.29, 0.717) is 60.9 Å². The second kappa shape index (κ2) is 10.4. The summed E-state index contributed by atoms with van der Waals surface area (Å²) in [5.74, 6) is 0.0656. The number of allylic oxidation sites excluding steroid dienone is 1. The van der Waals surface area contributed by atoms with Gasteiger partial charge in [-0.05, 0) is 30.2 Å². The number of carbonyl (C=O) groups excluding carboxylic acids is 1. The van der Waals surface area contributed by atoms with E-state index in [-0.39, 0.29) is 23.0 Å². The van der Waals surface area contributed by atoms with Crippen molar-refractivity contribution < 1.29 is 29.0 Å². The van der Waals surface area contributed by atoms with Crippen molar-refractivity contribution in [1.29, 1.82) is 0 Å². The number of non-ortho nitro benzene ring substituents is 1. The molecule has 0 saturated carbocycles. The number of ether oxygens (including phenoxy) is 3. The predicted octanol–water partition coefficient (Wildman–Crippen LogP) is 3.32. The molecule has 32 heavy (non-hydrogen) atoms. The summed E-state index contributed by atoms with van der Waals surface area (Å²) in [4.78, 5) is 25.7. The molecule has 0 saturated heterocycles. The second-order valence-electron chi connectivity index (χ2n) is 7.45. The van der Waals surface area contributed by atoms with Gasteiger partial charge in [-0.15, -0.1) is 0 Å². The lowest BCUT2D eigenvalue weighted by Crippen LogP contribution is -2.30. The lowest BCUT2D eigenvalue weighted by atomic mass is 9.99. The average Bonchev–Trinajstić information content (AvgIpc) is 3.08. The van der Waals surface area contributed by atoms with E-state index in [0.717, 1.165) is 0 Å². The Morgan fingerprint density at radius 1 is 1.19 bits per heavy atom. The zero-order valence-electron chi connectivity index (χ0n) is 18.3. The number of Topliss-reactive ketones (excluding diaryl/α,β-unsaturated/α-hetero) is 1. The molecule has 0 fully saturated rings. The first-order valence-electron chi connectivity index (χ1n) is 10.1. The van der Waals surface area contributed by atoms with E-state index in [1.165, 1.54) is 18.2 Å². The van der Waals surface area contributed by atoms with Crippen LogP contribution in [0.1, 0.15) is 27.0 Å². The third-order valence-electron chi connectivity index (χ3n) is 5.20. The van der Waals surface area contributed by atoms with Crippen molar-refractivity contribution in [1.82, 2.24) is 4.90 Å². The maximum Gasteiger partial charge on any atom is 0.270 e. The van der Waals surface area contributed by atoms with E-state index in [1.54, 1.807) is 39.3 Å². The normalized spacial score (nSPS) is 14.1. The minimum atomic E-state index is -0.497. The molecule has 2 aromatic rings. The van der Waals surface area contributed by atoms with Crippen LogP contribution in [-0.4, -0.2) is 61.2 Å². The van der Waals surface area contributed by atoms with Gasteiger partial charge in [0, 0.05) is 46.0 Å². The van der Waals surface area contributed by atoms with Gasteiger partial charge in [0.25, 0.3) is 5.69 Å². The lowest BCUT2D eigenvalue weighted by Gasteiger charge is -2.23. The highest BCUT2D eigenvalue weighted by molar-refractivity contribution is 6.15. The van der Waals surface area contributed by atoms with Gasteiger partial charge in [-0.2, -0.15) is 0 Å². The zero-order chi connectivity index (χ0) is 23.3. The number of carbonyl (C=O) groups is 1. The van der Waals surface area contributed by atoms with Gasteiger partial charge in [0.1, 0.15) is 11.5 Å². The van der Waals surface area contributed by atoms with Crippen molar-refractivity contribution >= 4 is 17.5 Å². The number of methoxy groups -OCH3 is 2. The molecule has 0 spiro atoms. The lowest BCUT2D eigenvalue weighted by molar-refractivity contribution is -0.384. The number of phenols is 1. The summed E-state index contributed by atoms with van der Waals surface area (Å²) in [5, 5.41) is 21.7. The Bertz CT molecular complexity index is 1040. The summed E-state index contributed by atoms with van der Waals surface area (Å²) in [6.45, 7) is 4.26. The fourth-order valence-corrected chi connectivity index (χ4v) is 3.55. The number of ketones is 1. The fraction of sp³-hybridized carbons (Fsp3) is 0.348. The van der Waals surface area contributed by atoms with Crippen LogP contribution in [0.5, 0.6) is 11.5 Å². The summed E-state index contributed by atoms with van der Waals surface area (Å²) in [6, 6.07) is 7.50. The van der Waals surface area contributed by atoms with Crippen molar-refractivity contribution in [2.24, 2.45) is 0 Å². The van der Waals surface area contributed by atoms with Gasteiger partial charge in [-0.3, -0.25) is 19.8 Å². The smallest absolute Gasteiger partial charge is 0.270 e. The number of aryl methyl sites for hydroxylation is 1. The first kappa shape index (κ1) is 23.4. The van der Waals surface area contributed by atoms with Gasteiger partial charge < -0.3 is 19.3 Å². The molecule has 1 aliphatic rings. The van der Waals surface area contributed by atoms with Gasteiger partial charge in [0.2, 0.25) is 5.78 Å². The van der Waals surface area contributed by atoms with Crippen LogP contribution in [0, 0.1) is 17.0 Å². The molecule has 1 N–H and O–H groups in total. The van der Waals surface area contributed by atoms with E-state index in [4.69, 9.17) is 14.2 Å². The topological polar surface area (TPSA) is 111 Å². The predicted molar refractivity (Wildman–Crippen MR) is 118 cm³/mol. The van der Waals surface area contributed by atoms with E-state index in [2.05, 4.69) is 0 Å². The maximum atomic E-state index is 13.1. The molecule has 0 aromatic heterocycles. The van der Waals surface area contributed by atoms with Crippen molar-refractivity contribution in [2.75, 3.05) is 40.5 Å². The standard InChI is InChI=1S/C23H26N2O7/c1-15-11-19(26)18(14-24(7-9-30-2)8-10-31-3)23-21(15)22(27)20(32-23)13-16-5-4-6-17(12-16)25(28)29/h4-6,11-13,26H,7-10,14H2,1-3H3/b20-13+. The number of nitro groups is 1. The average molecular weight is 442 g/mol. The highest BCUT2D eigenvalue weighted by Crippen LogP contribution is 2.42. The number of benzene rings is 2. The number of fused-ring (bicyclic) bond motifs is 1. The number of nitrogens with zero attached hydrogens (tertiary/aromatic N) is 2.